The van der Waals surface area contributed by atoms with Crippen molar-refractivity contribution in [3.05, 3.63) is 120 Å². The van der Waals surface area contributed by atoms with Crippen molar-refractivity contribution >= 4 is 39.8 Å². The van der Waals surface area contributed by atoms with Gasteiger partial charge in [-0.3, -0.25) is 14.5 Å². The zero-order valence-electron chi connectivity index (χ0n) is 24.7. The molecular formula is C33H35ClF2N4O4S. The van der Waals surface area contributed by atoms with Crippen LogP contribution in [-0.4, -0.2) is 44.7 Å². The van der Waals surface area contributed by atoms with Gasteiger partial charge in [0, 0.05) is 37.1 Å². The monoisotopic (exact) mass is 656 g/mol. The van der Waals surface area contributed by atoms with Crippen LogP contribution in [0.15, 0.2) is 97.1 Å². The molecule has 8 nitrogen and oxygen atoms in total. The van der Waals surface area contributed by atoms with Crippen molar-refractivity contribution < 1.29 is 26.7 Å². The van der Waals surface area contributed by atoms with E-state index in [1.54, 1.807) is 48.5 Å². The molecule has 1 saturated heterocycles. The molecule has 1 aliphatic rings. The molecule has 1 heterocycles. The van der Waals surface area contributed by atoms with E-state index in [1.807, 2.05) is 24.3 Å². The summed E-state index contributed by atoms with van der Waals surface area (Å²) in [6.07, 6.45) is 2.64. The van der Waals surface area contributed by atoms with Crippen molar-refractivity contribution in [1.29, 1.82) is 0 Å². The van der Waals surface area contributed by atoms with Gasteiger partial charge in [0.05, 0.1) is 12.8 Å². The van der Waals surface area contributed by atoms with E-state index in [1.165, 1.54) is 29.2 Å². The molecule has 4 aromatic rings. The number of amides is 2. The minimum Gasteiger partial charge on any atom is -0.457 e. The smallest absolute Gasteiger partial charge is 0.322 e. The summed E-state index contributed by atoms with van der Waals surface area (Å²) in [6.45, 7) is 2.52. The molecule has 1 aliphatic heterocycles. The van der Waals surface area contributed by atoms with Gasteiger partial charge in [0.15, 0.2) is 0 Å². The number of hydrogen-bond donors (Lipinski definition) is 2. The van der Waals surface area contributed by atoms with E-state index in [0.29, 0.717) is 28.4 Å². The maximum Gasteiger partial charge on any atom is 0.322 e. The third-order valence-electron chi connectivity index (χ3n) is 7.25. The van der Waals surface area contributed by atoms with Gasteiger partial charge in [-0.05, 0) is 96.8 Å². The molecule has 2 N–H and O–H groups in total. The van der Waals surface area contributed by atoms with Crippen LogP contribution in [-0.2, 0) is 23.1 Å². The standard InChI is InChI=1S/C33H34F2N4O4S.ClH/c1-44(41,42)37-29-9-15-32(16-10-29)43-31-13-5-24(6-14-31)22-38-19-17-28(18-20-38)36-33(40)39(30-11-7-26(34)8-12-30)23-25-3-2-4-27(35)21-25;/h2-16,21,28,37H,17-20,22-23H2,1H3,(H,36,40);1H. The van der Waals surface area contributed by atoms with E-state index in [2.05, 4.69) is 14.9 Å². The van der Waals surface area contributed by atoms with Gasteiger partial charge in [0.1, 0.15) is 23.1 Å². The highest BCUT2D eigenvalue weighted by Crippen LogP contribution is 2.25. The largest absolute Gasteiger partial charge is 0.457 e. The Labute approximate surface area is 268 Å². The molecule has 0 spiro atoms. The topological polar surface area (TPSA) is 91.0 Å². The first-order chi connectivity index (χ1) is 21.1. The van der Waals surface area contributed by atoms with Gasteiger partial charge in [0.25, 0.3) is 0 Å². The van der Waals surface area contributed by atoms with Crippen LogP contribution in [0.1, 0.15) is 24.0 Å². The first-order valence-corrected chi connectivity index (χ1v) is 16.1. The number of hydrogen-bond acceptors (Lipinski definition) is 5. The average molecular weight is 657 g/mol. The number of carbonyl (C=O) groups is 1. The van der Waals surface area contributed by atoms with Crippen LogP contribution < -0.4 is 19.7 Å². The van der Waals surface area contributed by atoms with Crippen LogP contribution >= 0.6 is 12.4 Å². The molecule has 0 saturated carbocycles. The maximum absolute atomic E-state index is 13.8. The van der Waals surface area contributed by atoms with Crippen molar-refractivity contribution in [3.8, 4) is 11.5 Å². The molecule has 0 bridgehead atoms. The van der Waals surface area contributed by atoms with E-state index in [-0.39, 0.29) is 36.8 Å². The normalized spacial score (nSPS) is 13.8. The molecule has 4 aromatic carbocycles. The molecule has 45 heavy (non-hydrogen) atoms. The lowest BCUT2D eigenvalue weighted by Crippen LogP contribution is -2.49. The van der Waals surface area contributed by atoms with Crippen LogP contribution in [0.4, 0.5) is 25.0 Å². The number of nitrogens with one attached hydrogen (secondary N) is 2. The van der Waals surface area contributed by atoms with Gasteiger partial charge < -0.3 is 10.1 Å². The molecule has 1 fully saturated rings. The number of anilines is 2. The maximum atomic E-state index is 13.8. The van der Waals surface area contributed by atoms with Crippen LogP contribution in [0, 0.1) is 11.6 Å². The fourth-order valence-corrected chi connectivity index (χ4v) is 5.63. The number of benzene rings is 4. The number of rotatable bonds is 10. The summed E-state index contributed by atoms with van der Waals surface area (Å²) in [6, 6.07) is 25.9. The van der Waals surface area contributed by atoms with Crippen molar-refractivity contribution in [3.63, 3.8) is 0 Å². The Kier molecular flexibility index (Phi) is 11.4. The third-order valence-corrected chi connectivity index (χ3v) is 7.86. The van der Waals surface area contributed by atoms with E-state index in [0.717, 1.165) is 44.3 Å². The van der Waals surface area contributed by atoms with Gasteiger partial charge in [0.2, 0.25) is 10.0 Å². The molecule has 0 aliphatic carbocycles. The predicted octanol–water partition coefficient (Wildman–Crippen LogP) is 6.93. The number of urea groups is 1. The summed E-state index contributed by atoms with van der Waals surface area (Å²) >= 11 is 0. The summed E-state index contributed by atoms with van der Waals surface area (Å²) in [5, 5.41) is 3.12. The Hall–Kier alpha value is -4.19. The SMILES string of the molecule is CS(=O)(=O)Nc1ccc(Oc2ccc(CN3CCC(NC(=O)N(Cc4cccc(F)c4)c4ccc(F)cc4)CC3)cc2)cc1.Cl. The molecular weight excluding hydrogens is 622 g/mol. The number of ether oxygens (including phenoxy) is 1. The number of likely N-dealkylation sites (tertiary alicyclic amines) is 1. The summed E-state index contributed by atoms with van der Waals surface area (Å²) < 4.78 is 58.4. The molecule has 0 aromatic heterocycles. The van der Waals surface area contributed by atoms with Crippen molar-refractivity contribution in [2.24, 2.45) is 0 Å². The van der Waals surface area contributed by atoms with Crippen LogP contribution in [0.5, 0.6) is 11.5 Å². The first-order valence-electron chi connectivity index (χ1n) is 14.2. The Morgan fingerprint density at radius 1 is 0.867 bits per heavy atom. The molecule has 0 unspecified atom stereocenters. The summed E-state index contributed by atoms with van der Waals surface area (Å²) in [5.74, 6) is 0.482. The van der Waals surface area contributed by atoms with Gasteiger partial charge in [-0.2, -0.15) is 0 Å². The fraction of sp³-hybridized carbons (Fsp3) is 0.242. The zero-order chi connectivity index (χ0) is 31.1. The number of nitrogens with zero attached hydrogens (tertiary/aromatic N) is 2. The van der Waals surface area contributed by atoms with E-state index < -0.39 is 15.8 Å². The zero-order valence-corrected chi connectivity index (χ0v) is 26.3. The van der Waals surface area contributed by atoms with Gasteiger partial charge in [-0.1, -0.05) is 24.3 Å². The lowest BCUT2D eigenvalue weighted by atomic mass is 10.0. The molecule has 5 rings (SSSR count). The second kappa shape index (κ2) is 15.2. The highest BCUT2D eigenvalue weighted by Gasteiger charge is 2.24. The predicted molar refractivity (Wildman–Crippen MR) is 174 cm³/mol. The number of sulfonamides is 1. The lowest BCUT2D eigenvalue weighted by molar-refractivity contribution is 0.188. The third kappa shape index (κ3) is 10.2. The minimum absolute atomic E-state index is 0. The summed E-state index contributed by atoms with van der Waals surface area (Å²) in [4.78, 5) is 17.2. The molecule has 0 radical (unpaired) electrons. The van der Waals surface area contributed by atoms with Crippen LogP contribution in [0.2, 0.25) is 0 Å². The van der Waals surface area contributed by atoms with Gasteiger partial charge in [-0.25, -0.2) is 22.0 Å². The number of carbonyl (C=O) groups excluding carboxylic acids is 1. The van der Waals surface area contributed by atoms with E-state index in [4.69, 9.17) is 4.74 Å². The van der Waals surface area contributed by atoms with Crippen LogP contribution in [0.3, 0.4) is 0 Å². The second-order valence-electron chi connectivity index (χ2n) is 10.8. The van der Waals surface area contributed by atoms with E-state index in [9.17, 15) is 22.0 Å². The average Bonchev–Trinajstić information content (AvgIpc) is 2.99. The molecule has 0 atom stereocenters. The molecule has 238 valence electrons. The Morgan fingerprint density at radius 3 is 2.09 bits per heavy atom. The number of halogens is 3. The second-order valence-corrected chi connectivity index (χ2v) is 12.6. The first kappa shape index (κ1) is 33.7. The Morgan fingerprint density at radius 2 is 1.49 bits per heavy atom. The highest BCUT2D eigenvalue weighted by atomic mass is 35.5. The lowest BCUT2D eigenvalue weighted by Gasteiger charge is -2.34. The van der Waals surface area contributed by atoms with Crippen LogP contribution in [0.25, 0.3) is 0 Å². The number of piperidine rings is 1. The minimum atomic E-state index is -3.34. The van der Waals surface area contributed by atoms with Crippen molar-refractivity contribution in [2.75, 3.05) is 29.0 Å². The summed E-state index contributed by atoms with van der Waals surface area (Å²) in [7, 11) is -3.34. The molecule has 2 amide bonds. The fourth-order valence-electron chi connectivity index (χ4n) is 5.07. The Bertz CT molecular complexity index is 1670. The quantitative estimate of drug-likeness (QED) is 0.193. The highest BCUT2D eigenvalue weighted by molar-refractivity contribution is 7.92. The van der Waals surface area contributed by atoms with E-state index >= 15 is 0 Å². The van der Waals surface area contributed by atoms with Crippen molar-refractivity contribution in [1.82, 2.24) is 10.2 Å². The van der Waals surface area contributed by atoms with Crippen molar-refractivity contribution in [2.45, 2.75) is 32.0 Å². The Balaban J connectivity index is 0.00000461. The summed E-state index contributed by atoms with van der Waals surface area (Å²) in [5.41, 5.74) is 2.76. The van der Waals surface area contributed by atoms with Gasteiger partial charge in [-0.15, -0.1) is 12.4 Å². The van der Waals surface area contributed by atoms with Gasteiger partial charge >= 0.3 is 6.03 Å². The molecule has 12 heteroatoms.